The molecular formula is C21H22ClN7. The molecule has 0 radical (unpaired) electrons. The zero-order valence-electron chi connectivity index (χ0n) is 16.4. The average molecular weight is 408 g/mol. The molecule has 2 atom stereocenters. The number of aryl methyl sites for hydroxylation is 1. The van der Waals surface area contributed by atoms with Crippen molar-refractivity contribution in [2.24, 2.45) is 5.92 Å². The predicted molar refractivity (Wildman–Crippen MR) is 113 cm³/mol. The summed E-state index contributed by atoms with van der Waals surface area (Å²) in [5, 5.41) is 7.72. The zero-order valence-corrected chi connectivity index (χ0v) is 17.1. The first-order valence-corrected chi connectivity index (χ1v) is 10.2. The first-order chi connectivity index (χ1) is 14.1. The molecule has 0 unspecified atom stereocenters. The lowest BCUT2D eigenvalue weighted by Gasteiger charge is -2.36. The van der Waals surface area contributed by atoms with E-state index in [0.717, 1.165) is 48.2 Å². The van der Waals surface area contributed by atoms with Gasteiger partial charge in [-0.05, 0) is 43.0 Å². The number of anilines is 1. The maximum absolute atomic E-state index is 6.20. The number of piperidine rings is 1. The van der Waals surface area contributed by atoms with E-state index in [4.69, 9.17) is 21.6 Å². The van der Waals surface area contributed by atoms with E-state index in [9.17, 15) is 0 Å². The van der Waals surface area contributed by atoms with E-state index in [-0.39, 0.29) is 0 Å². The monoisotopic (exact) mass is 407 g/mol. The van der Waals surface area contributed by atoms with Gasteiger partial charge in [0, 0.05) is 37.1 Å². The minimum absolute atomic E-state index is 0.416. The number of H-pyrrole nitrogens is 1. The third-order valence-corrected chi connectivity index (χ3v) is 5.73. The third-order valence-electron chi connectivity index (χ3n) is 5.51. The number of imidazole rings is 1. The number of aromatic amines is 1. The fraction of sp³-hybridized carbons (Fsp3) is 0.333. The topological polar surface area (TPSA) is 75.0 Å². The Bertz CT molecular complexity index is 1150. The summed E-state index contributed by atoms with van der Waals surface area (Å²) in [5.41, 5.74) is 4.77. The normalized spacial score (nSPS) is 19.8. The predicted octanol–water partition coefficient (Wildman–Crippen LogP) is 4.11. The largest absolute Gasteiger partial charge is 0.340 e. The summed E-state index contributed by atoms with van der Waals surface area (Å²) in [7, 11) is 0. The Kier molecular flexibility index (Phi) is 4.47. The van der Waals surface area contributed by atoms with Gasteiger partial charge < -0.3 is 4.90 Å². The maximum atomic E-state index is 6.20. The molecule has 29 heavy (non-hydrogen) atoms. The Balaban J connectivity index is 1.53. The van der Waals surface area contributed by atoms with Gasteiger partial charge in [0.25, 0.3) is 0 Å². The van der Waals surface area contributed by atoms with Crippen LogP contribution in [0.4, 0.5) is 5.95 Å². The molecule has 1 aliphatic rings. The van der Waals surface area contributed by atoms with Crippen LogP contribution in [0, 0.1) is 12.8 Å². The standard InChI is InChI=1S/C21H22ClN7/c1-13-5-15(16-7-24-25-8-16)11-28(10-13)21-26-14(2)6-18(27-21)19-9-23-20-4-3-17(22)12-29(19)20/h3-4,6-9,12-13,15H,5,10-11H2,1-2H3,(H,24,25)/t13-,15+/m0/s1. The van der Waals surface area contributed by atoms with Crippen LogP contribution in [0.5, 0.6) is 0 Å². The zero-order chi connectivity index (χ0) is 20.0. The number of rotatable bonds is 3. The number of hydrogen-bond donors (Lipinski definition) is 1. The molecule has 5 heterocycles. The molecule has 1 aliphatic heterocycles. The molecule has 0 spiro atoms. The van der Waals surface area contributed by atoms with Crippen LogP contribution >= 0.6 is 11.6 Å². The number of nitrogens with one attached hydrogen (secondary N) is 1. The van der Waals surface area contributed by atoms with Crippen molar-refractivity contribution in [2.45, 2.75) is 26.2 Å². The molecule has 4 aromatic rings. The fourth-order valence-corrected chi connectivity index (χ4v) is 4.37. The van der Waals surface area contributed by atoms with Gasteiger partial charge in [-0.15, -0.1) is 0 Å². The Morgan fingerprint density at radius 1 is 1.17 bits per heavy atom. The van der Waals surface area contributed by atoms with Gasteiger partial charge in [0.15, 0.2) is 0 Å². The van der Waals surface area contributed by atoms with Crippen molar-refractivity contribution in [3.63, 3.8) is 0 Å². The van der Waals surface area contributed by atoms with Crippen LogP contribution < -0.4 is 4.90 Å². The summed E-state index contributed by atoms with van der Waals surface area (Å²) < 4.78 is 1.97. The molecule has 5 rings (SSSR count). The lowest BCUT2D eigenvalue weighted by molar-refractivity contribution is 0.398. The van der Waals surface area contributed by atoms with Crippen LogP contribution in [0.15, 0.2) is 43.0 Å². The minimum atomic E-state index is 0.416. The van der Waals surface area contributed by atoms with E-state index in [1.165, 1.54) is 5.56 Å². The van der Waals surface area contributed by atoms with Crippen molar-refractivity contribution in [1.29, 1.82) is 0 Å². The molecule has 148 valence electrons. The van der Waals surface area contributed by atoms with E-state index in [0.29, 0.717) is 16.9 Å². The number of halogens is 1. The minimum Gasteiger partial charge on any atom is -0.340 e. The molecule has 0 bridgehead atoms. The van der Waals surface area contributed by atoms with Gasteiger partial charge in [-0.25, -0.2) is 15.0 Å². The molecule has 8 heteroatoms. The Morgan fingerprint density at radius 3 is 2.90 bits per heavy atom. The highest BCUT2D eigenvalue weighted by atomic mass is 35.5. The van der Waals surface area contributed by atoms with Crippen molar-refractivity contribution < 1.29 is 0 Å². The molecule has 1 saturated heterocycles. The Hall–Kier alpha value is -2.93. The van der Waals surface area contributed by atoms with Crippen molar-refractivity contribution in [3.05, 3.63) is 59.3 Å². The number of pyridine rings is 1. The van der Waals surface area contributed by atoms with Crippen LogP contribution in [0.3, 0.4) is 0 Å². The van der Waals surface area contributed by atoms with Gasteiger partial charge in [-0.1, -0.05) is 18.5 Å². The van der Waals surface area contributed by atoms with Crippen LogP contribution in [0.1, 0.15) is 30.5 Å². The van der Waals surface area contributed by atoms with Gasteiger partial charge in [0.1, 0.15) is 5.65 Å². The first-order valence-electron chi connectivity index (χ1n) is 9.79. The van der Waals surface area contributed by atoms with Gasteiger partial charge in [0.05, 0.1) is 28.8 Å². The van der Waals surface area contributed by atoms with E-state index in [1.54, 1.807) is 0 Å². The first kappa shape index (κ1) is 18.1. The number of fused-ring (bicyclic) bond motifs is 1. The van der Waals surface area contributed by atoms with Gasteiger partial charge >= 0.3 is 0 Å². The summed E-state index contributed by atoms with van der Waals surface area (Å²) in [4.78, 5) is 16.4. The second-order valence-electron chi connectivity index (χ2n) is 7.89. The molecule has 1 N–H and O–H groups in total. The fourth-order valence-electron chi connectivity index (χ4n) is 4.21. The summed E-state index contributed by atoms with van der Waals surface area (Å²) in [6.45, 7) is 6.11. The maximum Gasteiger partial charge on any atom is 0.226 e. The summed E-state index contributed by atoms with van der Waals surface area (Å²) in [6, 6.07) is 5.74. The molecular weight excluding hydrogens is 386 g/mol. The number of aromatic nitrogens is 6. The van der Waals surface area contributed by atoms with E-state index in [2.05, 4.69) is 27.0 Å². The Morgan fingerprint density at radius 2 is 2.07 bits per heavy atom. The quantitative estimate of drug-likeness (QED) is 0.553. The van der Waals surface area contributed by atoms with Gasteiger partial charge in [-0.2, -0.15) is 5.10 Å². The Labute approximate surface area is 173 Å². The van der Waals surface area contributed by atoms with Crippen LogP contribution in [0.2, 0.25) is 5.02 Å². The highest BCUT2D eigenvalue weighted by Gasteiger charge is 2.28. The number of hydrogen-bond acceptors (Lipinski definition) is 5. The van der Waals surface area contributed by atoms with E-state index in [1.807, 2.05) is 54.3 Å². The van der Waals surface area contributed by atoms with Gasteiger partial charge in [0.2, 0.25) is 5.95 Å². The lowest BCUT2D eigenvalue weighted by Crippen LogP contribution is -2.39. The van der Waals surface area contributed by atoms with Crippen molar-refractivity contribution in [2.75, 3.05) is 18.0 Å². The molecule has 0 saturated carbocycles. The second kappa shape index (κ2) is 7.15. The highest BCUT2D eigenvalue weighted by molar-refractivity contribution is 6.30. The van der Waals surface area contributed by atoms with Gasteiger partial charge in [-0.3, -0.25) is 9.50 Å². The smallest absolute Gasteiger partial charge is 0.226 e. The van der Waals surface area contributed by atoms with Crippen LogP contribution in [-0.2, 0) is 0 Å². The highest BCUT2D eigenvalue weighted by Crippen LogP contribution is 2.32. The van der Waals surface area contributed by atoms with Crippen molar-refractivity contribution in [3.8, 4) is 11.4 Å². The summed E-state index contributed by atoms with van der Waals surface area (Å²) >= 11 is 6.20. The SMILES string of the molecule is Cc1cc(-c2cnc3ccc(Cl)cn23)nc(N2C[C@@H](C)C[C@@H](c3cn[nH]c3)C2)n1. The van der Waals surface area contributed by atoms with Crippen molar-refractivity contribution >= 4 is 23.2 Å². The summed E-state index contributed by atoms with van der Waals surface area (Å²) in [5.74, 6) is 1.72. The second-order valence-corrected chi connectivity index (χ2v) is 8.32. The lowest BCUT2D eigenvalue weighted by atomic mass is 9.87. The molecule has 4 aromatic heterocycles. The van der Waals surface area contributed by atoms with E-state index >= 15 is 0 Å². The molecule has 0 aromatic carbocycles. The summed E-state index contributed by atoms with van der Waals surface area (Å²) in [6.07, 6.45) is 8.76. The van der Waals surface area contributed by atoms with E-state index < -0.39 is 0 Å². The molecule has 7 nitrogen and oxygen atoms in total. The number of nitrogens with zero attached hydrogens (tertiary/aromatic N) is 6. The van der Waals surface area contributed by atoms with Crippen LogP contribution in [0.25, 0.3) is 17.0 Å². The average Bonchev–Trinajstić information content (AvgIpc) is 3.37. The molecule has 0 aliphatic carbocycles. The third kappa shape index (κ3) is 3.46. The molecule has 0 amide bonds. The van der Waals surface area contributed by atoms with Crippen LogP contribution in [-0.4, -0.2) is 42.6 Å². The van der Waals surface area contributed by atoms with Crippen molar-refractivity contribution in [1.82, 2.24) is 29.5 Å². The molecule has 1 fully saturated rings.